The van der Waals surface area contributed by atoms with Crippen LogP contribution in [-0.2, 0) is 6.42 Å². The first-order valence-electron chi connectivity index (χ1n) is 4.08. The molecule has 1 aromatic carbocycles. The molecule has 0 spiro atoms. The molecular formula is C10H8BrClS. The van der Waals surface area contributed by atoms with Crippen LogP contribution < -0.4 is 0 Å². The zero-order valence-corrected chi connectivity index (χ0v) is 10.3. The maximum Gasteiger partial charge on any atom is 0.0587 e. The number of aryl methyl sites for hydroxylation is 1. The molecule has 0 nitrogen and oxygen atoms in total. The van der Waals surface area contributed by atoms with E-state index in [1.165, 1.54) is 15.6 Å². The molecule has 0 atom stereocenters. The molecule has 0 unspecified atom stereocenters. The summed E-state index contributed by atoms with van der Waals surface area (Å²) in [6.45, 7) is 2.12. The summed E-state index contributed by atoms with van der Waals surface area (Å²) in [5.41, 5.74) is 1.21. The van der Waals surface area contributed by atoms with Gasteiger partial charge in [0.15, 0.2) is 0 Å². The molecule has 0 saturated carbocycles. The Labute approximate surface area is 94.7 Å². The molecule has 3 heteroatoms. The van der Waals surface area contributed by atoms with Gasteiger partial charge in [-0.3, -0.25) is 0 Å². The monoisotopic (exact) mass is 274 g/mol. The standard InChI is InChI=1S/C10H8BrClS/c1-2-6-5-8-7(3-4-13-8)9(11)10(6)12/h3-5H,2H2,1H3. The van der Waals surface area contributed by atoms with E-state index in [4.69, 9.17) is 11.6 Å². The zero-order chi connectivity index (χ0) is 9.42. The third-order valence-corrected chi connectivity index (χ3v) is 4.44. The number of benzene rings is 1. The molecule has 2 aromatic rings. The molecule has 0 aliphatic rings. The van der Waals surface area contributed by atoms with Crippen LogP contribution >= 0.6 is 38.9 Å². The minimum Gasteiger partial charge on any atom is -0.144 e. The maximum absolute atomic E-state index is 6.19. The van der Waals surface area contributed by atoms with Crippen molar-refractivity contribution in [2.24, 2.45) is 0 Å². The van der Waals surface area contributed by atoms with E-state index < -0.39 is 0 Å². The lowest BCUT2D eigenvalue weighted by Gasteiger charge is -2.04. The smallest absolute Gasteiger partial charge is 0.0587 e. The van der Waals surface area contributed by atoms with Crippen LogP contribution in [0.2, 0.25) is 5.02 Å². The van der Waals surface area contributed by atoms with Crippen molar-refractivity contribution >= 4 is 49.0 Å². The summed E-state index contributed by atoms with van der Waals surface area (Å²) in [7, 11) is 0. The average molecular weight is 276 g/mol. The van der Waals surface area contributed by atoms with Gasteiger partial charge in [0, 0.05) is 14.6 Å². The van der Waals surface area contributed by atoms with Gasteiger partial charge in [-0.2, -0.15) is 0 Å². The van der Waals surface area contributed by atoms with Crippen molar-refractivity contribution in [3.8, 4) is 0 Å². The van der Waals surface area contributed by atoms with E-state index in [-0.39, 0.29) is 0 Å². The highest BCUT2D eigenvalue weighted by Gasteiger charge is 2.08. The van der Waals surface area contributed by atoms with E-state index in [2.05, 4.69) is 40.4 Å². The van der Waals surface area contributed by atoms with Crippen LogP contribution in [-0.4, -0.2) is 0 Å². The SMILES string of the molecule is CCc1cc2sccc2c(Br)c1Cl. The summed E-state index contributed by atoms with van der Waals surface area (Å²) in [5, 5.41) is 4.16. The van der Waals surface area contributed by atoms with E-state index in [1.807, 2.05) is 0 Å². The van der Waals surface area contributed by atoms with Gasteiger partial charge in [0.25, 0.3) is 0 Å². The summed E-state index contributed by atoms with van der Waals surface area (Å²) in [6.07, 6.45) is 0.977. The predicted octanol–water partition coefficient (Wildman–Crippen LogP) is 4.88. The molecule has 0 aliphatic carbocycles. The number of halogens is 2. The minimum atomic E-state index is 0.855. The van der Waals surface area contributed by atoms with Crippen LogP contribution in [0.1, 0.15) is 12.5 Å². The van der Waals surface area contributed by atoms with Crippen molar-refractivity contribution in [1.29, 1.82) is 0 Å². The van der Waals surface area contributed by atoms with Gasteiger partial charge < -0.3 is 0 Å². The Morgan fingerprint density at radius 1 is 1.54 bits per heavy atom. The summed E-state index contributed by atoms with van der Waals surface area (Å²) in [5.74, 6) is 0. The Bertz CT molecular complexity index is 447. The van der Waals surface area contributed by atoms with Gasteiger partial charge >= 0.3 is 0 Å². The highest BCUT2D eigenvalue weighted by atomic mass is 79.9. The van der Waals surface area contributed by atoms with Crippen LogP contribution in [0.5, 0.6) is 0 Å². The summed E-state index contributed by atoms with van der Waals surface area (Å²) >= 11 is 11.5. The van der Waals surface area contributed by atoms with E-state index in [0.29, 0.717) is 0 Å². The van der Waals surface area contributed by atoms with Crippen molar-refractivity contribution in [2.45, 2.75) is 13.3 Å². The molecule has 0 fully saturated rings. The summed E-state index contributed by atoms with van der Waals surface area (Å²) in [4.78, 5) is 0. The van der Waals surface area contributed by atoms with Crippen molar-refractivity contribution < 1.29 is 0 Å². The van der Waals surface area contributed by atoms with Crippen LogP contribution in [0.15, 0.2) is 22.0 Å². The maximum atomic E-state index is 6.19. The Morgan fingerprint density at radius 2 is 2.31 bits per heavy atom. The summed E-state index contributed by atoms with van der Waals surface area (Å²) in [6, 6.07) is 4.27. The Hall–Kier alpha value is -0.0500. The van der Waals surface area contributed by atoms with E-state index in [0.717, 1.165) is 15.9 Å². The number of rotatable bonds is 1. The first-order chi connectivity index (χ1) is 6.24. The zero-order valence-electron chi connectivity index (χ0n) is 7.10. The molecule has 0 saturated heterocycles. The molecular weight excluding hydrogens is 268 g/mol. The van der Waals surface area contributed by atoms with E-state index in [1.54, 1.807) is 11.3 Å². The molecule has 68 valence electrons. The quantitative estimate of drug-likeness (QED) is 0.696. The Morgan fingerprint density at radius 3 is 3.00 bits per heavy atom. The van der Waals surface area contributed by atoms with Crippen LogP contribution in [0.25, 0.3) is 10.1 Å². The minimum absolute atomic E-state index is 0.855. The molecule has 0 bridgehead atoms. The third-order valence-electron chi connectivity index (χ3n) is 2.09. The van der Waals surface area contributed by atoms with Crippen LogP contribution in [0, 0.1) is 0 Å². The summed E-state index contributed by atoms with van der Waals surface area (Å²) < 4.78 is 2.33. The topological polar surface area (TPSA) is 0 Å². The lowest BCUT2D eigenvalue weighted by Crippen LogP contribution is -1.83. The fourth-order valence-electron chi connectivity index (χ4n) is 1.35. The fourth-order valence-corrected chi connectivity index (χ4v) is 3.23. The molecule has 0 aliphatic heterocycles. The molecule has 13 heavy (non-hydrogen) atoms. The van der Waals surface area contributed by atoms with E-state index >= 15 is 0 Å². The van der Waals surface area contributed by atoms with Gasteiger partial charge in [-0.05, 0) is 45.4 Å². The second-order valence-corrected chi connectivity index (χ2v) is 4.97. The van der Waals surface area contributed by atoms with Crippen molar-refractivity contribution in [2.75, 3.05) is 0 Å². The molecule has 0 amide bonds. The first-order valence-corrected chi connectivity index (χ1v) is 6.13. The number of fused-ring (bicyclic) bond motifs is 1. The lowest BCUT2D eigenvalue weighted by molar-refractivity contribution is 1.14. The number of hydrogen-bond donors (Lipinski definition) is 0. The van der Waals surface area contributed by atoms with Gasteiger partial charge in [0.1, 0.15) is 0 Å². The van der Waals surface area contributed by atoms with E-state index in [9.17, 15) is 0 Å². The highest BCUT2D eigenvalue weighted by molar-refractivity contribution is 9.10. The first kappa shape index (κ1) is 9.50. The van der Waals surface area contributed by atoms with Crippen molar-refractivity contribution in [3.63, 3.8) is 0 Å². The van der Waals surface area contributed by atoms with Gasteiger partial charge in [0.05, 0.1) is 5.02 Å². The van der Waals surface area contributed by atoms with Crippen molar-refractivity contribution in [1.82, 2.24) is 0 Å². The predicted molar refractivity (Wildman–Crippen MR) is 63.9 cm³/mol. The fraction of sp³-hybridized carbons (Fsp3) is 0.200. The van der Waals surface area contributed by atoms with Gasteiger partial charge in [-0.25, -0.2) is 0 Å². The molecule has 1 heterocycles. The molecule has 0 N–H and O–H groups in total. The van der Waals surface area contributed by atoms with Crippen molar-refractivity contribution in [3.05, 3.63) is 32.6 Å². The largest absolute Gasteiger partial charge is 0.144 e. The normalized spacial score (nSPS) is 11.0. The highest BCUT2D eigenvalue weighted by Crippen LogP contribution is 2.36. The Kier molecular flexibility index (Phi) is 2.63. The van der Waals surface area contributed by atoms with Crippen LogP contribution in [0.4, 0.5) is 0 Å². The average Bonchev–Trinajstić information content (AvgIpc) is 2.59. The second-order valence-electron chi connectivity index (χ2n) is 2.85. The van der Waals surface area contributed by atoms with Crippen LogP contribution in [0.3, 0.4) is 0 Å². The lowest BCUT2D eigenvalue weighted by atomic mass is 10.1. The third kappa shape index (κ3) is 1.51. The second kappa shape index (κ2) is 3.60. The van der Waals surface area contributed by atoms with Gasteiger partial charge in [0.2, 0.25) is 0 Å². The molecule has 2 rings (SSSR count). The molecule has 0 radical (unpaired) electrons. The van der Waals surface area contributed by atoms with Gasteiger partial charge in [-0.15, -0.1) is 11.3 Å². The Balaban J connectivity index is 2.83. The number of thiophene rings is 1. The number of hydrogen-bond acceptors (Lipinski definition) is 1. The van der Waals surface area contributed by atoms with Gasteiger partial charge in [-0.1, -0.05) is 18.5 Å². The molecule has 1 aromatic heterocycles.